The topological polar surface area (TPSA) is 113 Å². The van der Waals surface area contributed by atoms with Crippen LogP contribution >= 0.6 is 0 Å². The van der Waals surface area contributed by atoms with Gasteiger partial charge in [0.15, 0.2) is 0 Å². The van der Waals surface area contributed by atoms with E-state index in [-0.39, 0.29) is 17.4 Å². The molecule has 0 bridgehead atoms. The van der Waals surface area contributed by atoms with Crippen LogP contribution in [0.5, 0.6) is 0 Å². The molecule has 4 heterocycles. The van der Waals surface area contributed by atoms with Crippen molar-refractivity contribution in [3.05, 3.63) is 53.4 Å². The average molecular weight is 549 g/mol. The molecular weight excluding hydrogens is 517 g/mol. The second-order valence-electron chi connectivity index (χ2n) is 11.0. The maximum absolute atomic E-state index is 14.1. The van der Waals surface area contributed by atoms with Crippen LogP contribution in [0.3, 0.4) is 0 Å². The summed E-state index contributed by atoms with van der Waals surface area (Å²) < 4.78 is 53.6. The summed E-state index contributed by atoms with van der Waals surface area (Å²) in [5, 5.41) is 12.2. The Kier molecular flexibility index (Phi) is 6.81. The Balaban J connectivity index is 1.44. The number of amides is 2. The van der Waals surface area contributed by atoms with E-state index in [1.54, 1.807) is 58.0 Å². The molecule has 4 atom stereocenters. The number of likely N-dealkylation sites (tertiary alicyclic amines) is 1. The van der Waals surface area contributed by atoms with Crippen molar-refractivity contribution < 1.29 is 31.9 Å². The summed E-state index contributed by atoms with van der Waals surface area (Å²) in [5.74, 6) is -1.81. The minimum absolute atomic E-state index is 0.0354. The number of hydrogen-bond acceptors (Lipinski definition) is 8. The number of halogens is 3. The van der Waals surface area contributed by atoms with Gasteiger partial charge < -0.3 is 14.5 Å². The van der Waals surface area contributed by atoms with Gasteiger partial charge in [0.05, 0.1) is 5.92 Å². The molecule has 0 aliphatic carbocycles. The molecule has 2 amide bonds. The molecule has 210 valence electrons. The van der Waals surface area contributed by atoms with E-state index in [1.807, 2.05) is 0 Å². The van der Waals surface area contributed by atoms with Crippen LogP contribution in [0.4, 0.5) is 18.0 Å². The largest absolute Gasteiger partial charge is 0.444 e. The van der Waals surface area contributed by atoms with E-state index in [9.17, 15) is 22.8 Å². The molecule has 2 saturated heterocycles. The maximum atomic E-state index is 14.1. The van der Waals surface area contributed by atoms with E-state index in [2.05, 4.69) is 20.9 Å². The highest BCUT2D eigenvalue weighted by Crippen LogP contribution is 2.42. The van der Waals surface area contributed by atoms with Crippen molar-refractivity contribution in [2.24, 2.45) is 0 Å². The van der Waals surface area contributed by atoms with Gasteiger partial charge in [-0.15, -0.1) is 10.2 Å². The Morgan fingerprint density at radius 2 is 1.85 bits per heavy atom. The summed E-state index contributed by atoms with van der Waals surface area (Å²) in [6.07, 6.45) is -3.94. The molecule has 4 unspecified atom stereocenters. The van der Waals surface area contributed by atoms with Crippen molar-refractivity contribution in [1.82, 2.24) is 30.8 Å². The first-order valence-corrected chi connectivity index (χ1v) is 12.9. The normalized spacial score (nSPS) is 26.0. The zero-order valence-electron chi connectivity index (χ0n) is 22.1. The quantitative estimate of drug-likeness (QED) is 0.586. The third-order valence-corrected chi connectivity index (χ3v) is 7.04. The molecule has 1 aromatic carbocycles. The molecule has 3 aliphatic heterocycles. The molecular formula is C26H31F3N6O4. The number of allylic oxidation sites excluding steroid dienone is 1. The van der Waals surface area contributed by atoms with Crippen molar-refractivity contribution in [1.29, 1.82) is 0 Å². The fourth-order valence-electron chi connectivity index (χ4n) is 5.34. The molecule has 2 aromatic rings. The molecule has 0 spiro atoms. The van der Waals surface area contributed by atoms with Gasteiger partial charge in [0, 0.05) is 12.2 Å². The van der Waals surface area contributed by atoms with E-state index in [0.717, 1.165) is 17.9 Å². The molecule has 10 nitrogen and oxygen atoms in total. The molecule has 3 aliphatic rings. The summed E-state index contributed by atoms with van der Waals surface area (Å²) in [5.41, 5.74) is 2.40. The van der Waals surface area contributed by atoms with Crippen molar-refractivity contribution in [2.75, 3.05) is 6.54 Å². The number of ether oxygens (including phenoxy) is 1. The van der Waals surface area contributed by atoms with E-state index in [0.29, 0.717) is 24.2 Å². The van der Waals surface area contributed by atoms with Gasteiger partial charge in [-0.05, 0) is 52.5 Å². The van der Waals surface area contributed by atoms with Gasteiger partial charge in [-0.25, -0.2) is 15.2 Å². The number of hydrogen-bond donors (Lipinski definition) is 2. The number of benzene rings is 1. The van der Waals surface area contributed by atoms with Crippen LogP contribution in [0, 0.1) is 0 Å². The third kappa shape index (κ3) is 5.19. The minimum Gasteiger partial charge on any atom is -0.444 e. The number of carbonyl (C=O) groups is 2. The third-order valence-electron chi connectivity index (χ3n) is 7.04. The van der Waals surface area contributed by atoms with Crippen molar-refractivity contribution in [2.45, 2.75) is 82.9 Å². The van der Waals surface area contributed by atoms with E-state index >= 15 is 0 Å². The molecule has 0 radical (unpaired) electrons. The highest BCUT2D eigenvalue weighted by molar-refractivity contribution is 6.19. The molecule has 5 rings (SSSR count). The number of hydrazine groups is 1. The second-order valence-corrected chi connectivity index (χ2v) is 11.0. The van der Waals surface area contributed by atoms with Crippen LogP contribution in [0.1, 0.15) is 76.3 Å². The first-order chi connectivity index (χ1) is 18.3. The highest BCUT2D eigenvalue weighted by atomic mass is 19.4. The minimum atomic E-state index is -4.61. The number of piperidine rings is 1. The fourth-order valence-corrected chi connectivity index (χ4v) is 5.34. The number of carbonyl (C=O) groups excluding carboxylic acids is 2. The van der Waals surface area contributed by atoms with E-state index in [4.69, 9.17) is 9.15 Å². The van der Waals surface area contributed by atoms with Gasteiger partial charge in [0.1, 0.15) is 29.4 Å². The standard InChI is InChI=1S/C26H31F3N6O4/c1-14-17(22-32-31-21(38-22)16-12-8-9-13-34(16)24(37)39-25(2,3)4)23(36)35-20(30-14)18(15-10-6-5-7-11-15)19(33-35)26(27,28)29/h5-7,10-11,16,18-20,30,33H,8-9,12-13H2,1-4H3. The molecule has 0 saturated carbocycles. The predicted molar refractivity (Wildman–Crippen MR) is 132 cm³/mol. The van der Waals surface area contributed by atoms with Gasteiger partial charge in [-0.3, -0.25) is 9.69 Å². The number of nitrogens with one attached hydrogen (secondary N) is 2. The number of rotatable bonds is 3. The molecule has 1 aromatic heterocycles. The zero-order valence-corrected chi connectivity index (χ0v) is 22.1. The highest BCUT2D eigenvalue weighted by Gasteiger charge is 2.58. The predicted octanol–water partition coefficient (Wildman–Crippen LogP) is 4.25. The van der Waals surface area contributed by atoms with Crippen LogP contribution in [-0.2, 0) is 9.53 Å². The van der Waals surface area contributed by atoms with Gasteiger partial charge >= 0.3 is 12.3 Å². The number of alkyl halides is 3. The average Bonchev–Trinajstić information content (AvgIpc) is 3.49. The Morgan fingerprint density at radius 3 is 2.51 bits per heavy atom. The van der Waals surface area contributed by atoms with Crippen LogP contribution < -0.4 is 10.7 Å². The first kappa shape index (κ1) is 27.0. The van der Waals surface area contributed by atoms with Crippen molar-refractivity contribution in [3.63, 3.8) is 0 Å². The molecule has 13 heteroatoms. The lowest BCUT2D eigenvalue weighted by molar-refractivity contribution is -0.161. The fraction of sp³-hybridized carbons (Fsp3) is 0.538. The van der Waals surface area contributed by atoms with E-state index in [1.165, 1.54) is 4.90 Å². The maximum Gasteiger partial charge on any atom is 0.410 e. The van der Waals surface area contributed by atoms with Crippen molar-refractivity contribution in [3.8, 4) is 0 Å². The Labute approximate surface area is 223 Å². The van der Waals surface area contributed by atoms with Crippen LogP contribution in [-0.4, -0.2) is 62.6 Å². The number of fused-ring (bicyclic) bond motifs is 1. The van der Waals surface area contributed by atoms with Crippen LogP contribution in [0.25, 0.3) is 5.57 Å². The van der Waals surface area contributed by atoms with Gasteiger partial charge in [-0.1, -0.05) is 30.3 Å². The van der Waals surface area contributed by atoms with Gasteiger partial charge in [0.2, 0.25) is 5.89 Å². The first-order valence-electron chi connectivity index (χ1n) is 12.9. The second kappa shape index (κ2) is 9.85. The van der Waals surface area contributed by atoms with Crippen LogP contribution in [0.15, 0.2) is 40.4 Å². The van der Waals surface area contributed by atoms with E-state index < -0.39 is 47.9 Å². The SMILES string of the molecule is CC1=C(c2nnc(C3CCCCN3C(=O)OC(C)(C)C)o2)C(=O)N2NC(C(F)(F)F)C(c3ccccc3)C2N1. The summed E-state index contributed by atoms with van der Waals surface area (Å²) in [6.45, 7) is 7.36. The van der Waals surface area contributed by atoms with Crippen molar-refractivity contribution >= 4 is 17.6 Å². The monoisotopic (exact) mass is 548 g/mol. The lowest BCUT2D eigenvalue weighted by Crippen LogP contribution is -2.54. The Bertz CT molecular complexity index is 1270. The van der Waals surface area contributed by atoms with Gasteiger partial charge in [-0.2, -0.15) is 13.2 Å². The molecule has 2 N–H and O–H groups in total. The molecule has 39 heavy (non-hydrogen) atoms. The summed E-state index contributed by atoms with van der Waals surface area (Å²) in [6, 6.07) is 5.73. The summed E-state index contributed by atoms with van der Waals surface area (Å²) in [7, 11) is 0. The summed E-state index contributed by atoms with van der Waals surface area (Å²) in [4.78, 5) is 27.9. The zero-order chi connectivity index (χ0) is 28.1. The lowest BCUT2D eigenvalue weighted by Gasteiger charge is -2.35. The lowest BCUT2D eigenvalue weighted by atomic mass is 9.89. The number of nitrogens with zero attached hydrogens (tertiary/aromatic N) is 4. The summed E-state index contributed by atoms with van der Waals surface area (Å²) >= 11 is 0. The molecule has 2 fully saturated rings. The Hall–Kier alpha value is -3.61. The smallest absolute Gasteiger partial charge is 0.410 e. The van der Waals surface area contributed by atoms with Gasteiger partial charge in [0.25, 0.3) is 11.8 Å². The Morgan fingerprint density at radius 1 is 1.13 bits per heavy atom. The number of aromatic nitrogens is 2. The van der Waals surface area contributed by atoms with Crippen LogP contribution in [0.2, 0.25) is 0 Å².